The predicted molar refractivity (Wildman–Crippen MR) is 59.9 cm³/mol. The highest BCUT2D eigenvalue weighted by atomic mass is 127. The van der Waals surface area contributed by atoms with Crippen molar-refractivity contribution >= 4 is 57.1 Å². The summed E-state index contributed by atoms with van der Waals surface area (Å²) in [5, 5.41) is 16.9. The number of alkyl halides is 2. The molecule has 0 aromatic rings. The first-order valence-electron chi connectivity index (χ1n) is 3.19. The molecule has 0 aromatic heterocycles. The fourth-order valence-electron chi connectivity index (χ4n) is 0.569. The summed E-state index contributed by atoms with van der Waals surface area (Å²) >= 11 is 3.61. The van der Waals surface area contributed by atoms with Crippen molar-refractivity contribution in [2.24, 2.45) is 0 Å². The van der Waals surface area contributed by atoms with Gasteiger partial charge in [0.2, 0.25) is 0 Å². The van der Waals surface area contributed by atoms with Crippen molar-refractivity contribution < 1.29 is 19.8 Å². The van der Waals surface area contributed by atoms with Gasteiger partial charge < -0.3 is 10.2 Å². The lowest BCUT2D eigenvalue weighted by Gasteiger charge is -2.13. The van der Waals surface area contributed by atoms with Gasteiger partial charge in [0.15, 0.2) is 1.43 Å². The Morgan fingerprint density at radius 1 is 1.25 bits per heavy atom. The Bertz CT molecular complexity index is 190. The van der Waals surface area contributed by atoms with Crippen molar-refractivity contribution in [3.05, 3.63) is 0 Å². The van der Waals surface area contributed by atoms with Crippen LogP contribution in [0.25, 0.3) is 0 Å². The Labute approximate surface area is 97.0 Å². The second-order valence-corrected chi connectivity index (χ2v) is 8.00. The molecule has 0 aliphatic carbocycles. The largest absolute Gasteiger partial charge is 0.481 e. The van der Waals surface area contributed by atoms with Gasteiger partial charge in [-0.3, -0.25) is 4.79 Å². The van der Waals surface area contributed by atoms with E-state index in [0.717, 1.165) is 0 Å². The van der Waals surface area contributed by atoms with E-state index in [0.29, 0.717) is 12.8 Å². The number of aliphatic carboxylic acids is 2. The van der Waals surface area contributed by atoms with Gasteiger partial charge in [0.1, 0.15) is 0 Å². The van der Waals surface area contributed by atoms with Crippen LogP contribution < -0.4 is 0 Å². The first-order chi connectivity index (χ1) is 5.36. The van der Waals surface area contributed by atoms with E-state index in [9.17, 15) is 9.59 Å². The Hall–Kier alpha value is 0.400. The van der Waals surface area contributed by atoms with E-state index in [2.05, 4.69) is 0 Å². The van der Waals surface area contributed by atoms with E-state index in [1.54, 1.807) is 45.2 Å². The van der Waals surface area contributed by atoms with Crippen LogP contribution in [0.2, 0.25) is 0 Å². The minimum atomic E-state index is -0.908. The number of carboxylic acid groups (broad SMARTS) is 2. The van der Waals surface area contributed by atoms with Crippen LogP contribution in [0.15, 0.2) is 0 Å². The molecule has 0 unspecified atom stereocenters. The number of hydrogen-bond acceptors (Lipinski definition) is 2. The quantitative estimate of drug-likeness (QED) is 0.548. The third kappa shape index (κ3) is 5.12. The molecule has 0 rings (SSSR count). The maximum Gasteiger partial charge on any atom is 0.329 e. The maximum atomic E-state index is 10.5. The number of carboxylic acids is 2. The molecular formula is C6H8I2O4. The van der Waals surface area contributed by atoms with E-state index in [-0.39, 0.29) is 6.42 Å². The summed E-state index contributed by atoms with van der Waals surface area (Å²) < 4.78 is -0.870. The lowest BCUT2D eigenvalue weighted by Crippen LogP contribution is -2.23. The molecule has 0 atom stereocenters. The Kier molecular flexibility index (Phi) is 5.37. The fourth-order valence-corrected chi connectivity index (χ4v) is 1.33. The molecule has 4 nitrogen and oxygen atoms in total. The smallest absolute Gasteiger partial charge is 0.329 e. The van der Waals surface area contributed by atoms with Crippen molar-refractivity contribution in [2.45, 2.75) is 20.7 Å². The lowest BCUT2D eigenvalue weighted by atomic mass is 10.2. The van der Waals surface area contributed by atoms with Crippen molar-refractivity contribution in [1.82, 2.24) is 0 Å². The van der Waals surface area contributed by atoms with Crippen LogP contribution in [0.3, 0.4) is 0 Å². The van der Waals surface area contributed by atoms with Crippen molar-refractivity contribution in [1.29, 1.82) is 0 Å². The van der Waals surface area contributed by atoms with E-state index in [4.69, 9.17) is 10.2 Å². The van der Waals surface area contributed by atoms with E-state index in [1.165, 1.54) is 0 Å². The number of hydrogen-bond donors (Lipinski definition) is 2. The zero-order chi connectivity index (χ0) is 9.78. The van der Waals surface area contributed by atoms with Gasteiger partial charge in [0.25, 0.3) is 0 Å². The standard InChI is InChI=1S/C6H8I2O4/c7-6(8,5(11)12)3-1-2-4(9)10/h1-3H2,(H,9,10)(H,11,12). The third-order valence-electron chi connectivity index (χ3n) is 1.19. The Balaban J connectivity index is 3.76. The van der Waals surface area contributed by atoms with Crippen molar-refractivity contribution in [2.75, 3.05) is 0 Å². The highest BCUT2D eigenvalue weighted by molar-refractivity contribution is 14.2. The number of halogens is 2. The molecule has 0 saturated heterocycles. The van der Waals surface area contributed by atoms with Crippen LogP contribution in [0.4, 0.5) is 0 Å². The van der Waals surface area contributed by atoms with Crippen LogP contribution in [0, 0.1) is 0 Å². The lowest BCUT2D eigenvalue weighted by molar-refractivity contribution is -0.139. The van der Waals surface area contributed by atoms with Crippen LogP contribution in [0.5, 0.6) is 0 Å². The van der Waals surface area contributed by atoms with Crippen LogP contribution >= 0.6 is 45.2 Å². The maximum absolute atomic E-state index is 10.5. The second kappa shape index (κ2) is 5.20. The summed E-state index contributed by atoms with van der Waals surface area (Å²) in [6.45, 7) is 0. The molecule has 0 saturated carbocycles. The van der Waals surface area contributed by atoms with Gasteiger partial charge in [-0.15, -0.1) is 0 Å². The van der Waals surface area contributed by atoms with E-state index in [1.807, 2.05) is 0 Å². The van der Waals surface area contributed by atoms with Gasteiger partial charge in [0.05, 0.1) is 0 Å². The molecule has 0 radical (unpaired) electrons. The summed E-state index contributed by atoms with van der Waals surface area (Å²) in [4.78, 5) is 20.6. The van der Waals surface area contributed by atoms with Crippen LogP contribution in [-0.2, 0) is 9.59 Å². The monoisotopic (exact) mass is 398 g/mol. The molecule has 12 heavy (non-hydrogen) atoms. The average molecular weight is 398 g/mol. The zero-order valence-electron chi connectivity index (χ0n) is 6.09. The number of carbonyl (C=O) groups is 2. The summed E-state index contributed by atoms with van der Waals surface area (Å²) in [5.74, 6) is -1.79. The summed E-state index contributed by atoms with van der Waals surface area (Å²) in [5.41, 5.74) is 0. The van der Waals surface area contributed by atoms with E-state index >= 15 is 0 Å². The van der Waals surface area contributed by atoms with Gasteiger partial charge in [-0.2, -0.15) is 0 Å². The molecule has 0 bridgehead atoms. The molecule has 70 valence electrons. The molecule has 0 spiro atoms. The zero-order valence-corrected chi connectivity index (χ0v) is 10.4. The third-order valence-corrected chi connectivity index (χ3v) is 3.20. The molecule has 0 amide bonds. The minimum Gasteiger partial charge on any atom is -0.481 e. The fraction of sp³-hybridized carbons (Fsp3) is 0.667. The first-order valence-corrected chi connectivity index (χ1v) is 5.35. The molecule has 0 fully saturated rings. The summed E-state index contributed by atoms with van der Waals surface area (Å²) in [6, 6.07) is 0. The topological polar surface area (TPSA) is 74.6 Å². The van der Waals surface area contributed by atoms with E-state index < -0.39 is 13.4 Å². The van der Waals surface area contributed by atoms with Crippen LogP contribution in [0.1, 0.15) is 19.3 Å². The molecule has 2 N–H and O–H groups in total. The summed E-state index contributed by atoms with van der Waals surface area (Å²) in [7, 11) is 0. The molecule has 0 aliphatic rings. The van der Waals surface area contributed by atoms with Gasteiger partial charge >= 0.3 is 11.9 Å². The highest BCUT2D eigenvalue weighted by Gasteiger charge is 2.31. The van der Waals surface area contributed by atoms with Gasteiger partial charge in [-0.25, -0.2) is 4.79 Å². The second-order valence-electron chi connectivity index (χ2n) is 2.26. The van der Waals surface area contributed by atoms with Crippen LogP contribution in [-0.4, -0.2) is 23.6 Å². The Morgan fingerprint density at radius 3 is 2.08 bits per heavy atom. The highest BCUT2D eigenvalue weighted by Crippen LogP contribution is 2.33. The van der Waals surface area contributed by atoms with Gasteiger partial charge in [-0.05, 0) is 12.8 Å². The molecular weight excluding hydrogens is 390 g/mol. The summed E-state index contributed by atoms with van der Waals surface area (Å²) in [6.07, 6.45) is 0.796. The SMILES string of the molecule is O=C(O)CCCC(I)(I)C(=O)O. The Morgan fingerprint density at radius 2 is 1.75 bits per heavy atom. The number of rotatable bonds is 5. The first kappa shape index (κ1) is 12.4. The normalized spacial score (nSPS) is 11.2. The van der Waals surface area contributed by atoms with Gasteiger partial charge in [0, 0.05) is 6.42 Å². The molecule has 0 aliphatic heterocycles. The molecule has 6 heteroatoms. The van der Waals surface area contributed by atoms with Crippen molar-refractivity contribution in [3.63, 3.8) is 0 Å². The van der Waals surface area contributed by atoms with Gasteiger partial charge in [-0.1, -0.05) is 45.2 Å². The molecule has 0 aromatic carbocycles. The predicted octanol–water partition coefficient (Wildman–Crippen LogP) is 1.89. The minimum absolute atomic E-state index is 0.0288. The average Bonchev–Trinajstić information content (AvgIpc) is 1.85. The molecule has 0 heterocycles. The van der Waals surface area contributed by atoms with Crippen molar-refractivity contribution in [3.8, 4) is 0 Å².